The van der Waals surface area contributed by atoms with Crippen LogP contribution < -0.4 is 0 Å². The van der Waals surface area contributed by atoms with Gasteiger partial charge in [0.05, 0.1) is 4.92 Å². The van der Waals surface area contributed by atoms with E-state index in [1.807, 2.05) is 18.2 Å². The van der Waals surface area contributed by atoms with Crippen LogP contribution in [0, 0.1) is 10.1 Å². The minimum atomic E-state index is -0.565. The van der Waals surface area contributed by atoms with Gasteiger partial charge in [0.1, 0.15) is 0 Å². The van der Waals surface area contributed by atoms with E-state index in [1.54, 1.807) is 18.2 Å². The summed E-state index contributed by atoms with van der Waals surface area (Å²) in [6, 6.07) is 12.0. The molecule has 1 aliphatic rings. The number of rotatable bonds is 3. The molecule has 21 heavy (non-hydrogen) atoms. The number of thiophene rings is 1. The lowest BCUT2D eigenvalue weighted by Crippen LogP contribution is -2.04. The number of esters is 1. The molecule has 2 aromatic rings. The normalized spacial score (nSPS) is 15.9. The number of hydrogen-bond donors (Lipinski definition) is 0. The number of aliphatic imine (C=N–C) groups is 1. The first-order valence-corrected chi connectivity index (χ1v) is 6.77. The largest absolute Gasteiger partial charge is 0.402 e. The lowest BCUT2D eigenvalue weighted by atomic mass is 10.2. The van der Waals surface area contributed by atoms with Crippen molar-refractivity contribution in [2.45, 2.75) is 0 Å². The molecule has 1 aromatic heterocycles. The van der Waals surface area contributed by atoms with Crippen LogP contribution in [-0.2, 0) is 9.53 Å². The Bertz CT molecular complexity index is 777. The van der Waals surface area contributed by atoms with E-state index in [9.17, 15) is 14.9 Å². The SMILES string of the molecule is O=C1OC(c2ccccc2)=N/C1=C/c1ccc([N+](=O)[O-])s1. The van der Waals surface area contributed by atoms with Crippen LogP contribution in [-0.4, -0.2) is 16.8 Å². The van der Waals surface area contributed by atoms with Crippen LogP contribution in [0.5, 0.6) is 0 Å². The van der Waals surface area contributed by atoms with Gasteiger partial charge in [0.15, 0.2) is 5.70 Å². The summed E-state index contributed by atoms with van der Waals surface area (Å²) in [7, 11) is 0. The van der Waals surface area contributed by atoms with Gasteiger partial charge in [-0.25, -0.2) is 9.79 Å². The third kappa shape index (κ3) is 2.72. The van der Waals surface area contributed by atoms with Crippen molar-refractivity contribution in [1.82, 2.24) is 0 Å². The van der Waals surface area contributed by atoms with Crippen molar-refractivity contribution in [3.05, 3.63) is 68.7 Å². The molecule has 0 radical (unpaired) electrons. The predicted molar refractivity (Wildman–Crippen MR) is 78.0 cm³/mol. The summed E-state index contributed by atoms with van der Waals surface area (Å²) >= 11 is 0.974. The third-order valence-electron chi connectivity index (χ3n) is 2.71. The van der Waals surface area contributed by atoms with E-state index in [0.717, 1.165) is 11.3 Å². The number of nitrogens with zero attached hydrogens (tertiary/aromatic N) is 2. The topological polar surface area (TPSA) is 81.8 Å². The molecule has 1 aliphatic heterocycles. The number of carbonyl (C=O) groups excluding carboxylic acids is 1. The Labute approximate surface area is 123 Å². The van der Waals surface area contributed by atoms with Crippen molar-refractivity contribution in [2.75, 3.05) is 0 Å². The van der Waals surface area contributed by atoms with Gasteiger partial charge in [-0.3, -0.25) is 10.1 Å². The molecule has 7 heteroatoms. The first kappa shape index (κ1) is 13.2. The second-order valence-electron chi connectivity index (χ2n) is 4.14. The molecule has 0 saturated heterocycles. The lowest BCUT2D eigenvalue weighted by molar-refractivity contribution is -0.380. The summed E-state index contributed by atoms with van der Waals surface area (Å²) in [5.74, 6) is -0.331. The smallest absolute Gasteiger partial charge is 0.363 e. The molecular weight excluding hydrogens is 292 g/mol. The Morgan fingerprint density at radius 3 is 2.62 bits per heavy atom. The van der Waals surface area contributed by atoms with Crippen molar-refractivity contribution in [3.63, 3.8) is 0 Å². The Morgan fingerprint density at radius 2 is 1.95 bits per heavy atom. The van der Waals surface area contributed by atoms with Gasteiger partial charge < -0.3 is 4.74 Å². The molecule has 0 amide bonds. The van der Waals surface area contributed by atoms with Gasteiger partial charge in [-0.15, -0.1) is 0 Å². The van der Waals surface area contributed by atoms with Gasteiger partial charge >= 0.3 is 11.0 Å². The Hall–Kier alpha value is -2.80. The highest BCUT2D eigenvalue weighted by atomic mass is 32.1. The number of nitro groups is 1. The molecule has 1 aromatic carbocycles. The molecule has 2 heterocycles. The highest BCUT2D eigenvalue weighted by Gasteiger charge is 2.24. The molecule has 0 unspecified atom stereocenters. The summed E-state index contributed by atoms with van der Waals surface area (Å²) in [6.07, 6.45) is 1.48. The van der Waals surface area contributed by atoms with Crippen molar-refractivity contribution in [3.8, 4) is 0 Å². The maximum absolute atomic E-state index is 11.8. The van der Waals surface area contributed by atoms with Crippen molar-refractivity contribution < 1.29 is 14.5 Å². The van der Waals surface area contributed by atoms with Crippen LogP contribution in [0.2, 0.25) is 0 Å². The van der Waals surface area contributed by atoms with E-state index in [-0.39, 0.29) is 16.6 Å². The average molecular weight is 300 g/mol. The van der Waals surface area contributed by atoms with Crippen molar-refractivity contribution >= 4 is 34.3 Å². The zero-order valence-electron chi connectivity index (χ0n) is 10.6. The van der Waals surface area contributed by atoms with Crippen LogP contribution in [0.15, 0.2) is 53.2 Å². The Balaban J connectivity index is 1.91. The lowest BCUT2D eigenvalue weighted by Gasteiger charge is -1.97. The van der Waals surface area contributed by atoms with Crippen LogP contribution in [0.1, 0.15) is 10.4 Å². The molecule has 0 fully saturated rings. The highest BCUT2D eigenvalue weighted by molar-refractivity contribution is 7.16. The number of cyclic esters (lactones) is 1. The van der Waals surface area contributed by atoms with E-state index in [4.69, 9.17) is 4.74 Å². The maximum Gasteiger partial charge on any atom is 0.363 e. The Kier molecular flexibility index (Phi) is 3.33. The molecule has 0 bridgehead atoms. The van der Waals surface area contributed by atoms with E-state index < -0.39 is 10.9 Å². The molecular formula is C14H8N2O4S. The summed E-state index contributed by atoms with van der Waals surface area (Å²) < 4.78 is 5.10. The van der Waals surface area contributed by atoms with Crippen molar-refractivity contribution in [1.29, 1.82) is 0 Å². The fourth-order valence-corrected chi connectivity index (χ4v) is 2.52. The molecule has 0 N–H and O–H groups in total. The van der Waals surface area contributed by atoms with E-state index in [0.29, 0.717) is 10.4 Å². The van der Waals surface area contributed by atoms with E-state index in [1.165, 1.54) is 12.1 Å². The fraction of sp³-hybridized carbons (Fsp3) is 0. The summed E-state index contributed by atoms with van der Waals surface area (Å²) in [4.78, 5) is 26.6. The van der Waals surface area contributed by atoms with Gasteiger partial charge in [0, 0.05) is 16.5 Å². The van der Waals surface area contributed by atoms with Gasteiger partial charge in [0.2, 0.25) is 5.90 Å². The number of benzene rings is 1. The number of ether oxygens (including phenoxy) is 1. The minimum absolute atomic E-state index is 0.0143. The monoisotopic (exact) mass is 300 g/mol. The second kappa shape index (κ2) is 5.29. The second-order valence-corrected chi connectivity index (χ2v) is 5.23. The first-order chi connectivity index (χ1) is 10.1. The Morgan fingerprint density at radius 1 is 1.19 bits per heavy atom. The van der Waals surface area contributed by atoms with Gasteiger partial charge in [-0.2, -0.15) is 0 Å². The van der Waals surface area contributed by atoms with Crippen LogP contribution >= 0.6 is 11.3 Å². The number of carbonyl (C=O) groups is 1. The zero-order valence-corrected chi connectivity index (χ0v) is 11.4. The van der Waals surface area contributed by atoms with Gasteiger partial charge in [-0.05, 0) is 24.3 Å². The quantitative estimate of drug-likeness (QED) is 0.377. The zero-order chi connectivity index (χ0) is 14.8. The molecule has 0 saturated carbocycles. The summed E-state index contributed by atoms with van der Waals surface area (Å²) in [5, 5.41) is 10.6. The van der Waals surface area contributed by atoms with E-state index in [2.05, 4.69) is 4.99 Å². The highest BCUT2D eigenvalue weighted by Crippen LogP contribution is 2.27. The van der Waals surface area contributed by atoms with Crippen LogP contribution in [0.25, 0.3) is 6.08 Å². The summed E-state index contributed by atoms with van der Waals surface area (Å²) in [5.41, 5.74) is 0.831. The predicted octanol–water partition coefficient (Wildman–Crippen LogP) is 3.00. The van der Waals surface area contributed by atoms with E-state index >= 15 is 0 Å². The molecule has 0 aliphatic carbocycles. The molecule has 0 spiro atoms. The molecule has 104 valence electrons. The first-order valence-electron chi connectivity index (χ1n) is 5.96. The average Bonchev–Trinajstić information content (AvgIpc) is 3.08. The maximum atomic E-state index is 11.8. The number of hydrogen-bond acceptors (Lipinski definition) is 6. The van der Waals surface area contributed by atoms with Crippen molar-refractivity contribution in [2.24, 2.45) is 4.99 Å². The minimum Gasteiger partial charge on any atom is -0.402 e. The summed E-state index contributed by atoms with van der Waals surface area (Å²) in [6.45, 7) is 0. The molecule has 6 nitrogen and oxygen atoms in total. The van der Waals surface area contributed by atoms with Gasteiger partial charge in [0.25, 0.3) is 0 Å². The van der Waals surface area contributed by atoms with Gasteiger partial charge in [-0.1, -0.05) is 29.5 Å². The van der Waals surface area contributed by atoms with Crippen LogP contribution in [0.4, 0.5) is 5.00 Å². The fourth-order valence-electron chi connectivity index (χ4n) is 1.77. The molecule has 3 rings (SSSR count). The molecule has 0 atom stereocenters. The third-order valence-corrected chi connectivity index (χ3v) is 3.70. The standard InChI is InChI=1S/C14H8N2O4S/c17-14-11(8-10-6-7-12(21-10)16(18)19)15-13(20-14)9-4-2-1-3-5-9/h1-8H/b11-8+. The van der Waals surface area contributed by atoms with Crippen LogP contribution in [0.3, 0.4) is 0 Å².